The predicted octanol–water partition coefficient (Wildman–Crippen LogP) is 3.69. The van der Waals surface area contributed by atoms with Crippen molar-refractivity contribution in [3.8, 4) is 28.4 Å². The first-order chi connectivity index (χ1) is 15.0. The Hall–Kier alpha value is -4.07. The van der Waals surface area contributed by atoms with Crippen LogP contribution in [0.4, 0.5) is 0 Å². The van der Waals surface area contributed by atoms with Gasteiger partial charge in [-0.3, -0.25) is 0 Å². The Labute approximate surface area is 179 Å². The second kappa shape index (κ2) is 9.62. The highest BCUT2D eigenvalue weighted by Gasteiger charge is 2.31. The summed E-state index contributed by atoms with van der Waals surface area (Å²) in [5, 5.41) is 4.56. The van der Waals surface area contributed by atoms with Gasteiger partial charge in [-0.1, -0.05) is 30.9 Å². The molecule has 0 saturated carbocycles. The molecule has 8 nitrogen and oxygen atoms in total. The Morgan fingerprint density at radius 1 is 1.00 bits per heavy atom. The van der Waals surface area contributed by atoms with Crippen molar-refractivity contribution in [3.63, 3.8) is 0 Å². The molecule has 0 amide bonds. The fourth-order valence-electron chi connectivity index (χ4n) is 3.04. The smallest absolute Gasteiger partial charge is 0.357 e. The number of ether oxygens (including phenoxy) is 4. The van der Waals surface area contributed by atoms with E-state index in [1.54, 1.807) is 48.5 Å². The van der Waals surface area contributed by atoms with Gasteiger partial charge in [-0.25, -0.2) is 14.3 Å². The van der Waals surface area contributed by atoms with Gasteiger partial charge in [0.1, 0.15) is 17.9 Å². The number of hydrogen-bond acceptors (Lipinski definition) is 7. The maximum absolute atomic E-state index is 12.7. The van der Waals surface area contributed by atoms with Gasteiger partial charge < -0.3 is 18.9 Å². The molecule has 0 spiro atoms. The van der Waals surface area contributed by atoms with Gasteiger partial charge >= 0.3 is 11.9 Å². The van der Waals surface area contributed by atoms with Crippen LogP contribution in [0.3, 0.4) is 0 Å². The summed E-state index contributed by atoms with van der Waals surface area (Å²) >= 11 is 0. The first kappa shape index (κ1) is 21.6. The minimum Gasteiger partial charge on any atom is -0.493 e. The van der Waals surface area contributed by atoms with E-state index < -0.39 is 11.9 Å². The van der Waals surface area contributed by atoms with E-state index in [9.17, 15) is 9.59 Å². The highest BCUT2D eigenvalue weighted by atomic mass is 16.5. The van der Waals surface area contributed by atoms with E-state index in [1.165, 1.54) is 26.0 Å². The number of methoxy groups -OCH3 is 3. The summed E-state index contributed by atoms with van der Waals surface area (Å²) in [4.78, 5) is 25.4. The quantitative estimate of drug-likeness (QED) is 0.404. The van der Waals surface area contributed by atoms with Crippen LogP contribution in [-0.2, 0) is 9.47 Å². The number of carbonyl (C=O) groups is 2. The summed E-state index contributed by atoms with van der Waals surface area (Å²) in [6.07, 6.45) is 1.60. The molecule has 1 aromatic heterocycles. The Bertz CT molecular complexity index is 1100. The third-order valence-corrected chi connectivity index (χ3v) is 4.45. The zero-order valence-electron chi connectivity index (χ0n) is 17.5. The van der Waals surface area contributed by atoms with Gasteiger partial charge in [0.25, 0.3) is 0 Å². The topological polar surface area (TPSA) is 88.9 Å². The third-order valence-electron chi connectivity index (χ3n) is 4.45. The molecule has 1 heterocycles. The molecule has 160 valence electrons. The van der Waals surface area contributed by atoms with Gasteiger partial charge in [0.2, 0.25) is 0 Å². The van der Waals surface area contributed by atoms with Crippen LogP contribution in [0.15, 0.2) is 61.2 Å². The average Bonchev–Trinajstić information content (AvgIpc) is 3.22. The maximum atomic E-state index is 12.7. The molecule has 0 unspecified atom stereocenters. The van der Waals surface area contributed by atoms with Crippen molar-refractivity contribution in [1.82, 2.24) is 9.78 Å². The largest absolute Gasteiger partial charge is 0.493 e. The Kier molecular flexibility index (Phi) is 6.71. The normalized spacial score (nSPS) is 10.3. The summed E-state index contributed by atoms with van der Waals surface area (Å²) in [7, 11) is 3.99. The number of hydrogen-bond donors (Lipinski definition) is 0. The predicted molar refractivity (Wildman–Crippen MR) is 114 cm³/mol. The van der Waals surface area contributed by atoms with Gasteiger partial charge in [0.05, 0.1) is 27.0 Å². The fourth-order valence-corrected chi connectivity index (χ4v) is 3.04. The zero-order chi connectivity index (χ0) is 22.4. The molecule has 0 aliphatic carbocycles. The number of aromatic nitrogens is 2. The lowest BCUT2D eigenvalue weighted by Gasteiger charge is -2.11. The number of para-hydroxylation sites is 1. The van der Waals surface area contributed by atoms with E-state index in [-0.39, 0.29) is 23.6 Å². The van der Waals surface area contributed by atoms with E-state index in [2.05, 4.69) is 11.7 Å². The van der Waals surface area contributed by atoms with Crippen LogP contribution in [-0.4, -0.2) is 49.7 Å². The zero-order valence-corrected chi connectivity index (χ0v) is 17.5. The van der Waals surface area contributed by atoms with Crippen LogP contribution >= 0.6 is 0 Å². The Morgan fingerprint density at radius 2 is 1.71 bits per heavy atom. The molecule has 0 radical (unpaired) electrons. The molecule has 2 aromatic carbocycles. The monoisotopic (exact) mass is 422 g/mol. The molecule has 8 heteroatoms. The van der Waals surface area contributed by atoms with Crippen molar-refractivity contribution in [2.24, 2.45) is 0 Å². The second-order valence-corrected chi connectivity index (χ2v) is 6.27. The fraction of sp³-hybridized carbons (Fsp3) is 0.174. The number of rotatable bonds is 8. The van der Waals surface area contributed by atoms with Crippen molar-refractivity contribution < 1.29 is 28.5 Å². The van der Waals surface area contributed by atoms with E-state index >= 15 is 0 Å². The molecule has 0 aliphatic rings. The summed E-state index contributed by atoms with van der Waals surface area (Å²) in [6, 6.07) is 14.0. The van der Waals surface area contributed by atoms with Crippen molar-refractivity contribution in [1.29, 1.82) is 0 Å². The van der Waals surface area contributed by atoms with Crippen LogP contribution in [0, 0.1) is 0 Å². The molecule has 0 N–H and O–H groups in total. The SMILES string of the molecule is C=CCOc1cc(-c2nn(-c3ccccc3)c(C(=O)OC)c2C(=O)OC)ccc1OC. The summed E-state index contributed by atoms with van der Waals surface area (Å²) < 4.78 is 22.3. The van der Waals surface area contributed by atoms with Crippen LogP contribution in [0.1, 0.15) is 20.8 Å². The molecule has 0 bridgehead atoms. The van der Waals surface area contributed by atoms with Crippen LogP contribution < -0.4 is 9.47 Å². The van der Waals surface area contributed by atoms with Crippen LogP contribution in [0.5, 0.6) is 11.5 Å². The van der Waals surface area contributed by atoms with Gasteiger partial charge in [0.15, 0.2) is 17.2 Å². The molecule has 3 rings (SSSR count). The van der Waals surface area contributed by atoms with E-state index in [0.29, 0.717) is 22.7 Å². The second-order valence-electron chi connectivity index (χ2n) is 6.27. The highest BCUT2D eigenvalue weighted by Crippen LogP contribution is 2.35. The lowest BCUT2D eigenvalue weighted by molar-refractivity contribution is 0.0549. The number of carbonyl (C=O) groups excluding carboxylic acids is 2. The van der Waals surface area contributed by atoms with E-state index in [4.69, 9.17) is 18.9 Å². The average molecular weight is 422 g/mol. The standard InChI is InChI=1S/C23H22N2O6/c1-5-13-31-18-14-15(11-12-17(18)28-2)20-19(22(26)29-3)21(23(27)30-4)25(24-20)16-9-7-6-8-10-16/h5-12,14H,1,13H2,2-4H3. The lowest BCUT2D eigenvalue weighted by atomic mass is 10.0. The van der Waals surface area contributed by atoms with Gasteiger partial charge in [0, 0.05) is 5.56 Å². The van der Waals surface area contributed by atoms with Gasteiger partial charge in [-0.2, -0.15) is 5.10 Å². The molecular formula is C23H22N2O6. The van der Waals surface area contributed by atoms with Crippen molar-refractivity contribution >= 4 is 11.9 Å². The first-order valence-electron chi connectivity index (χ1n) is 9.32. The molecule has 31 heavy (non-hydrogen) atoms. The van der Waals surface area contributed by atoms with Gasteiger partial charge in [-0.05, 0) is 30.3 Å². The van der Waals surface area contributed by atoms with Crippen LogP contribution in [0.25, 0.3) is 16.9 Å². The van der Waals surface area contributed by atoms with E-state index in [0.717, 1.165) is 0 Å². The molecule has 0 fully saturated rings. The molecule has 0 saturated heterocycles. The summed E-state index contributed by atoms with van der Waals surface area (Å²) in [6.45, 7) is 3.90. The number of esters is 2. The van der Waals surface area contributed by atoms with Crippen molar-refractivity contribution in [2.75, 3.05) is 27.9 Å². The van der Waals surface area contributed by atoms with Crippen LogP contribution in [0.2, 0.25) is 0 Å². The Balaban J connectivity index is 2.29. The lowest BCUT2D eigenvalue weighted by Crippen LogP contribution is -2.15. The summed E-state index contributed by atoms with van der Waals surface area (Å²) in [5.74, 6) is -0.507. The minimum absolute atomic E-state index is 0.0157. The number of nitrogens with zero attached hydrogens (tertiary/aromatic N) is 2. The number of benzene rings is 2. The first-order valence-corrected chi connectivity index (χ1v) is 9.32. The highest BCUT2D eigenvalue weighted by molar-refractivity contribution is 6.06. The minimum atomic E-state index is -0.723. The van der Waals surface area contributed by atoms with E-state index in [1.807, 2.05) is 6.07 Å². The molecule has 0 aliphatic heterocycles. The van der Waals surface area contributed by atoms with Gasteiger partial charge in [-0.15, -0.1) is 0 Å². The van der Waals surface area contributed by atoms with Crippen molar-refractivity contribution in [2.45, 2.75) is 0 Å². The summed E-state index contributed by atoms with van der Waals surface area (Å²) in [5.41, 5.74) is 1.29. The van der Waals surface area contributed by atoms with Crippen molar-refractivity contribution in [3.05, 3.63) is 72.4 Å². The molecule has 0 atom stereocenters. The third kappa shape index (κ3) is 4.28. The maximum Gasteiger partial charge on any atom is 0.357 e. The Morgan fingerprint density at radius 3 is 2.32 bits per heavy atom. The molecule has 3 aromatic rings. The molecular weight excluding hydrogens is 400 g/mol.